The molecule has 1 atom stereocenters. The van der Waals surface area contributed by atoms with E-state index >= 15 is 0 Å². The summed E-state index contributed by atoms with van der Waals surface area (Å²) >= 11 is 0. The molecule has 1 unspecified atom stereocenters. The number of rotatable bonds is 1. The van der Waals surface area contributed by atoms with Crippen LogP contribution in [0.25, 0.3) is 0 Å². The monoisotopic (exact) mass is 149 g/mol. The minimum atomic E-state index is 0.538. The average molecular weight is 149 g/mol. The van der Waals surface area contributed by atoms with Crippen molar-refractivity contribution in [3.8, 4) is 0 Å². The summed E-state index contributed by atoms with van der Waals surface area (Å²) < 4.78 is 5.27. The molecule has 0 spiro atoms. The minimum absolute atomic E-state index is 0.538. The van der Waals surface area contributed by atoms with Gasteiger partial charge in [0.2, 0.25) is 0 Å². The third kappa shape index (κ3) is 1.40. The molecule has 0 aromatic carbocycles. The van der Waals surface area contributed by atoms with Crippen molar-refractivity contribution in [2.24, 2.45) is 0 Å². The van der Waals surface area contributed by atoms with E-state index in [9.17, 15) is 0 Å². The van der Waals surface area contributed by atoms with Crippen molar-refractivity contribution < 1.29 is 4.74 Å². The number of nitrogens with zero attached hydrogens (tertiary/aromatic N) is 1. The van der Waals surface area contributed by atoms with E-state index in [1.165, 1.54) is 5.69 Å². The van der Waals surface area contributed by atoms with Gasteiger partial charge in [-0.15, -0.1) is 0 Å². The van der Waals surface area contributed by atoms with Crippen LogP contribution in [0.4, 0.5) is 0 Å². The Morgan fingerprint density at radius 2 is 2.45 bits per heavy atom. The van der Waals surface area contributed by atoms with Crippen LogP contribution in [0.2, 0.25) is 0 Å². The Hall–Kier alpha value is -0.890. The predicted molar refractivity (Wildman–Crippen MR) is 42.4 cm³/mol. The van der Waals surface area contributed by atoms with Gasteiger partial charge in [-0.3, -0.25) is 4.98 Å². The van der Waals surface area contributed by atoms with Crippen molar-refractivity contribution in [1.82, 2.24) is 4.98 Å². The van der Waals surface area contributed by atoms with Gasteiger partial charge in [-0.1, -0.05) is 6.07 Å². The average Bonchev–Trinajstić information content (AvgIpc) is 2.58. The van der Waals surface area contributed by atoms with Crippen LogP contribution in [0.15, 0.2) is 24.4 Å². The highest BCUT2D eigenvalue weighted by atomic mass is 16.5. The number of pyridine rings is 1. The molecule has 2 heteroatoms. The summed E-state index contributed by atoms with van der Waals surface area (Å²) in [4.78, 5) is 4.28. The molecule has 2 nitrogen and oxygen atoms in total. The highest BCUT2D eigenvalue weighted by molar-refractivity contribution is 5.10. The van der Waals surface area contributed by atoms with Gasteiger partial charge in [0, 0.05) is 24.4 Å². The lowest BCUT2D eigenvalue weighted by atomic mass is 10.0. The summed E-state index contributed by atoms with van der Waals surface area (Å²) in [6.45, 7) is 1.73. The largest absolute Gasteiger partial charge is 0.381 e. The molecule has 2 heterocycles. The zero-order valence-electron chi connectivity index (χ0n) is 6.36. The highest BCUT2D eigenvalue weighted by Gasteiger charge is 2.17. The van der Waals surface area contributed by atoms with E-state index in [1.54, 1.807) is 0 Å². The summed E-state index contributed by atoms with van der Waals surface area (Å²) in [6, 6.07) is 6.04. The third-order valence-electron chi connectivity index (χ3n) is 2.04. The maximum Gasteiger partial charge on any atom is 0.0550 e. The van der Waals surface area contributed by atoms with E-state index < -0.39 is 0 Å². The van der Waals surface area contributed by atoms with Crippen LogP contribution in [0.5, 0.6) is 0 Å². The fourth-order valence-electron chi connectivity index (χ4n) is 1.39. The van der Waals surface area contributed by atoms with Crippen LogP contribution in [-0.2, 0) is 4.74 Å². The summed E-state index contributed by atoms with van der Waals surface area (Å²) in [5.41, 5.74) is 1.17. The Labute approximate surface area is 66.2 Å². The lowest BCUT2D eigenvalue weighted by molar-refractivity contribution is 0.193. The molecule has 1 aliphatic rings. The van der Waals surface area contributed by atoms with Crippen LogP contribution in [0.3, 0.4) is 0 Å². The molecule has 1 aromatic heterocycles. The molecule has 11 heavy (non-hydrogen) atoms. The molecule has 0 saturated carbocycles. The maximum absolute atomic E-state index is 5.27. The van der Waals surface area contributed by atoms with E-state index in [0.29, 0.717) is 5.92 Å². The second-order valence-electron chi connectivity index (χ2n) is 2.82. The molecule has 0 radical (unpaired) electrons. The lowest BCUT2D eigenvalue weighted by Gasteiger charge is -2.04. The normalized spacial score (nSPS) is 23.8. The zero-order chi connectivity index (χ0) is 7.52. The lowest BCUT2D eigenvalue weighted by Crippen LogP contribution is -1.99. The van der Waals surface area contributed by atoms with Crippen LogP contribution < -0.4 is 0 Å². The van der Waals surface area contributed by atoms with E-state index in [1.807, 2.05) is 18.3 Å². The topological polar surface area (TPSA) is 22.1 Å². The van der Waals surface area contributed by atoms with Gasteiger partial charge in [0.25, 0.3) is 0 Å². The fraction of sp³-hybridized carbons (Fsp3) is 0.444. The van der Waals surface area contributed by atoms with Gasteiger partial charge in [-0.25, -0.2) is 0 Å². The van der Waals surface area contributed by atoms with Crippen LogP contribution in [0, 0.1) is 0 Å². The molecule has 1 saturated heterocycles. The number of aromatic nitrogens is 1. The Kier molecular flexibility index (Phi) is 1.86. The van der Waals surface area contributed by atoms with E-state index in [4.69, 9.17) is 4.74 Å². The first-order chi connectivity index (χ1) is 5.47. The molecule has 0 N–H and O–H groups in total. The van der Waals surface area contributed by atoms with Gasteiger partial charge in [0.05, 0.1) is 6.61 Å². The van der Waals surface area contributed by atoms with Gasteiger partial charge in [0.1, 0.15) is 0 Å². The third-order valence-corrected chi connectivity index (χ3v) is 2.04. The summed E-state index contributed by atoms with van der Waals surface area (Å²) in [5, 5.41) is 0. The molecule has 1 aromatic rings. The summed E-state index contributed by atoms with van der Waals surface area (Å²) in [6.07, 6.45) is 2.96. The molecule has 0 bridgehead atoms. The molecule has 0 aliphatic carbocycles. The second kappa shape index (κ2) is 3.01. The maximum atomic E-state index is 5.27. The van der Waals surface area contributed by atoms with Gasteiger partial charge >= 0.3 is 0 Å². The van der Waals surface area contributed by atoms with Crippen LogP contribution in [0.1, 0.15) is 18.0 Å². The molecule has 58 valence electrons. The van der Waals surface area contributed by atoms with E-state index in [-0.39, 0.29) is 0 Å². The predicted octanol–water partition coefficient (Wildman–Crippen LogP) is 1.59. The van der Waals surface area contributed by atoms with Gasteiger partial charge in [-0.2, -0.15) is 0 Å². The van der Waals surface area contributed by atoms with Crippen molar-refractivity contribution in [3.63, 3.8) is 0 Å². The zero-order valence-corrected chi connectivity index (χ0v) is 6.36. The number of hydrogen-bond acceptors (Lipinski definition) is 2. The van der Waals surface area contributed by atoms with Gasteiger partial charge < -0.3 is 4.74 Å². The standard InChI is InChI=1S/C9H11NO/c1-2-5-10-9(3-1)8-4-6-11-7-8/h1-3,5,8H,4,6-7H2. The second-order valence-corrected chi connectivity index (χ2v) is 2.82. The Morgan fingerprint density at radius 1 is 1.45 bits per heavy atom. The first kappa shape index (κ1) is 6.80. The highest BCUT2D eigenvalue weighted by Crippen LogP contribution is 2.22. The Morgan fingerprint density at radius 3 is 3.09 bits per heavy atom. The first-order valence-corrected chi connectivity index (χ1v) is 3.95. The quantitative estimate of drug-likeness (QED) is 0.605. The Balaban J connectivity index is 2.16. The molecule has 2 rings (SSSR count). The smallest absolute Gasteiger partial charge is 0.0550 e. The molecular weight excluding hydrogens is 138 g/mol. The van der Waals surface area contributed by atoms with E-state index in [0.717, 1.165) is 19.6 Å². The van der Waals surface area contributed by atoms with Crippen molar-refractivity contribution in [2.75, 3.05) is 13.2 Å². The summed E-state index contributed by atoms with van der Waals surface area (Å²) in [5.74, 6) is 0.538. The Bertz CT molecular complexity index is 216. The van der Waals surface area contributed by atoms with Crippen molar-refractivity contribution in [3.05, 3.63) is 30.1 Å². The molecule has 1 aliphatic heterocycles. The van der Waals surface area contributed by atoms with Crippen molar-refractivity contribution in [2.45, 2.75) is 12.3 Å². The van der Waals surface area contributed by atoms with Crippen LogP contribution >= 0.6 is 0 Å². The van der Waals surface area contributed by atoms with E-state index in [2.05, 4.69) is 11.1 Å². The minimum Gasteiger partial charge on any atom is -0.381 e. The number of ether oxygens (including phenoxy) is 1. The molecular formula is C9H11NO. The molecule has 1 fully saturated rings. The van der Waals surface area contributed by atoms with Gasteiger partial charge in [0.15, 0.2) is 0 Å². The summed E-state index contributed by atoms with van der Waals surface area (Å²) in [7, 11) is 0. The van der Waals surface area contributed by atoms with Crippen molar-refractivity contribution in [1.29, 1.82) is 0 Å². The SMILES string of the molecule is c1ccc(C2CCOC2)nc1. The fourth-order valence-corrected chi connectivity index (χ4v) is 1.39. The van der Waals surface area contributed by atoms with Crippen molar-refractivity contribution >= 4 is 0 Å². The van der Waals surface area contributed by atoms with Gasteiger partial charge in [-0.05, 0) is 18.6 Å². The molecule has 0 amide bonds. The number of hydrogen-bond donors (Lipinski definition) is 0. The van der Waals surface area contributed by atoms with Crippen LogP contribution in [-0.4, -0.2) is 18.2 Å². The first-order valence-electron chi connectivity index (χ1n) is 3.95.